The molecular weight excluding hydrogens is 924 g/mol. The number of hydrogen-bond donors (Lipinski definition) is 2. The number of nitrogens with one attached hydrogen (secondary N) is 1. The molecule has 3 aliphatic rings. The normalized spacial score (nSPS) is 20.0. The van der Waals surface area contributed by atoms with Gasteiger partial charge in [-0.1, -0.05) is 47.5 Å². The summed E-state index contributed by atoms with van der Waals surface area (Å²) in [5, 5.41) is 11.3. The molecule has 1 aliphatic carbocycles. The second-order valence-corrected chi connectivity index (χ2v) is 17.0. The van der Waals surface area contributed by atoms with Crippen LogP contribution in [0.2, 0.25) is 10.0 Å². The lowest BCUT2D eigenvalue weighted by Crippen LogP contribution is -2.53. The number of carbonyl (C=O) groups is 2. The summed E-state index contributed by atoms with van der Waals surface area (Å²) >= 11 is 12.7. The zero-order valence-corrected chi connectivity index (χ0v) is 37.4. The van der Waals surface area contributed by atoms with Crippen LogP contribution in [0.3, 0.4) is 0 Å². The van der Waals surface area contributed by atoms with Gasteiger partial charge in [-0.15, -0.1) is 0 Å². The number of imide groups is 1. The minimum absolute atomic E-state index is 0.0556. The van der Waals surface area contributed by atoms with Gasteiger partial charge in [0, 0.05) is 49.3 Å². The Morgan fingerprint density at radius 2 is 1.66 bits per heavy atom. The molecule has 2 aliphatic heterocycles. The van der Waals surface area contributed by atoms with Crippen LogP contribution in [0.4, 0.5) is 19.0 Å². The number of methoxy groups -OCH3 is 2. The molecule has 2 amide bonds. The average molecular weight is 964 g/mol. The van der Waals surface area contributed by atoms with Gasteiger partial charge in [-0.25, -0.2) is 33.5 Å². The van der Waals surface area contributed by atoms with Crippen molar-refractivity contribution in [2.24, 2.45) is 13.0 Å². The molecule has 2 fully saturated rings. The number of alkyl halides is 3. The van der Waals surface area contributed by atoms with Gasteiger partial charge < -0.3 is 23.9 Å². The predicted octanol–water partition coefficient (Wildman–Crippen LogP) is 5.76. The number of nitrogens with zero attached hydrogens (tertiary/aromatic N) is 7. The molecule has 1 saturated carbocycles. The number of amides is 2. The second kappa shape index (κ2) is 16.7. The maximum atomic E-state index is 15.5. The molecule has 3 aromatic carbocycles. The molecule has 17 nitrogen and oxygen atoms in total. The molecule has 0 radical (unpaired) electrons. The van der Waals surface area contributed by atoms with Crippen molar-refractivity contribution < 1.29 is 42.1 Å². The number of aryl methyl sites for hydroxylation is 2. The van der Waals surface area contributed by atoms with Crippen molar-refractivity contribution >= 4 is 51.9 Å². The van der Waals surface area contributed by atoms with E-state index >= 15 is 9.59 Å². The van der Waals surface area contributed by atoms with Crippen molar-refractivity contribution in [2.45, 2.75) is 56.4 Å². The molecule has 2 N–H and O–H groups in total. The average Bonchev–Trinajstić information content (AvgIpc) is 3.67. The summed E-state index contributed by atoms with van der Waals surface area (Å²) in [7, 11) is 4.48. The van der Waals surface area contributed by atoms with Crippen molar-refractivity contribution in [2.75, 3.05) is 26.3 Å². The van der Waals surface area contributed by atoms with Gasteiger partial charge >= 0.3 is 17.6 Å². The van der Waals surface area contributed by atoms with Crippen LogP contribution in [-0.2, 0) is 47.7 Å². The lowest BCUT2D eigenvalue weighted by Gasteiger charge is -2.49. The number of anilines is 1. The monoisotopic (exact) mass is 962 g/mol. The van der Waals surface area contributed by atoms with Crippen LogP contribution in [0, 0.1) is 5.92 Å². The number of benzene rings is 3. The molecule has 0 bridgehead atoms. The van der Waals surface area contributed by atoms with E-state index in [9.17, 15) is 32.7 Å². The number of rotatable bonds is 11. The van der Waals surface area contributed by atoms with E-state index in [1.54, 1.807) is 62.5 Å². The van der Waals surface area contributed by atoms with E-state index in [2.05, 4.69) is 15.4 Å². The lowest BCUT2D eigenvalue weighted by molar-refractivity contribution is -0.139. The number of hydrazine groups is 1. The third-order valence-corrected chi connectivity index (χ3v) is 13.3. The molecule has 4 atom stereocenters. The fourth-order valence-electron chi connectivity index (χ4n) is 9.73. The Morgan fingerprint density at radius 1 is 0.940 bits per heavy atom. The number of phenolic OH excluding ortho intramolecular Hbond substituents is 1. The molecule has 1 saturated heterocycles. The number of halogens is 5. The molecule has 0 spiro atoms. The minimum atomic E-state index is -4.80. The number of carbonyl (C=O) groups excluding carboxylic acids is 2. The summed E-state index contributed by atoms with van der Waals surface area (Å²) in [5.74, 6) is -3.98. The Hall–Kier alpha value is -7.06. The Bertz CT molecular complexity index is 3260. The number of hydrogen-bond acceptors (Lipinski definition) is 12. The van der Waals surface area contributed by atoms with Crippen LogP contribution in [0.5, 0.6) is 23.0 Å². The first-order valence-corrected chi connectivity index (χ1v) is 21.5. The third-order valence-electron chi connectivity index (χ3n) is 12.7. The van der Waals surface area contributed by atoms with Crippen molar-refractivity contribution in [1.82, 2.24) is 33.5 Å². The van der Waals surface area contributed by atoms with Crippen LogP contribution in [0.1, 0.15) is 47.7 Å². The number of fused-ring (bicyclic) bond motifs is 5. The SMILES string of the molecule is CCOc1cc([C@H]2C3=CCn4c(=O)n(CCc5nc6cc(OC)c(OC)cc6n(C)c5=O)c(=O)n4[C@@H]3C[C@H]3C(=O)N(Nc4ncc(C(F)(F)F)cc4Cl)C(=O)[C@@]23c2ccc(Cl)cc2)ccc1O. The van der Waals surface area contributed by atoms with Gasteiger partial charge in [0.25, 0.3) is 17.4 Å². The summed E-state index contributed by atoms with van der Waals surface area (Å²) in [6.45, 7) is 1.43. The van der Waals surface area contributed by atoms with Crippen LogP contribution in [-0.4, -0.2) is 71.2 Å². The van der Waals surface area contributed by atoms with Crippen LogP contribution in [0.15, 0.2) is 92.9 Å². The topological polar surface area (TPSA) is 194 Å². The summed E-state index contributed by atoms with van der Waals surface area (Å²) in [6.07, 6.45) is -2.94. The fourth-order valence-corrected chi connectivity index (χ4v) is 10.1. The number of phenols is 1. The molecule has 9 rings (SSSR count). The molecule has 67 heavy (non-hydrogen) atoms. The van der Waals surface area contributed by atoms with Gasteiger partial charge in [0.15, 0.2) is 28.8 Å². The van der Waals surface area contributed by atoms with Crippen molar-refractivity contribution in [3.05, 3.63) is 142 Å². The predicted molar refractivity (Wildman–Crippen MR) is 237 cm³/mol. The zero-order valence-electron chi connectivity index (χ0n) is 35.9. The molecule has 22 heteroatoms. The van der Waals surface area contributed by atoms with Gasteiger partial charge in [0.1, 0.15) is 5.69 Å². The molecule has 6 aromatic rings. The molecular formula is C45H39Cl2F3N8O9. The maximum absolute atomic E-state index is 15.5. The van der Waals surface area contributed by atoms with Crippen LogP contribution >= 0.6 is 23.2 Å². The van der Waals surface area contributed by atoms with Crippen molar-refractivity contribution in [1.29, 1.82) is 0 Å². The maximum Gasteiger partial charge on any atom is 0.417 e. The van der Waals surface area contributed by atoms with Gasteiger partial charge in [0.05, 0.1) is 66.4 Å². The highest BCUT2D eigenvalue weighted by molar-refractivity contribution is 6.33. The summed E-state index contributed by atoms with van der Waals surface area (Å²) in [5.41, 5.74) is -0.302. The Balaban J connectivity index is 1.18. The highest BCUT2D eigenvalue weighted by atomic mass is 35.5. The standard InChI is InChI=1S/C45H39Cl2F3N8O9/c1-5-67-34-16-22(6-11-33(34)59)37-26-12-15-56-42(63)55(14-13-29-40(61)54(2)32-20-36(66-4)35(65-3)19-30(32)52-29)43(64)58(56)31(26)18-27-39(60)57(41(62)44(27,37)23-7-9-25(46)10-8-23)53-38-28(47)17-24(21-51-38)45(48,49)50/h6-12,16-17,19-21,27,31,37,59H,5,13-15,18H2,1-4H3,(H,51,53)/t27-,31+,37-,44+/m0/s1. The lowest BCUT2D eigenvalue weighted by atomic mass is 9.53. The van der Waals surface area contributed by atoms with Crippen molar-refractivity contribution in [3.8, 4) is 23.0 Å². The number of aromatic nitrogens is 6. The zero-order chi connectivity index (χ0) is 47.9. The highest BCUT2D eigenvalue weighted by Crippen LogP contribution is 2.62. The Morgan fingerprint density at radius 3 is 2.33 bits per heavy atom. The second-order valence-electron chi connectivity index (χ2n) is 16.1. The number of ether oxygens (including phenoxy) is 3. The Labute approximate surface area is 387 Å². The van der Waals surface area contributed by atoms with Crippen molar-refractivity contribution in [3.63, 3.8) is 0 Å². The number of aromatic hydroxyl groups is 1. The number of pyridine rings is 1. The van der Waals surface area contributed by atoms with E-state index in [4.69, 9.17) is 37.4 Å². The summed E-state index contributed by atoms with van der Waals surface area (Å²) in [6, 6.07) is 13.5. The number of allylic oxidation sites excluding steroid dienone is 2. The smallest absolute Gasteiger partial charge is 0.417 e. The van der Waals surface area contributed by atoms with E-state index in [0.717, 1.165) is 4.57 Å². The van der Waals surface area contributed by atoms with E-state index in [-0.39, 0.29) is 49.7 Å². The molecule has 5 heterocycles. The van der Waals surface area contributed by atoms with E-state index in [1.165, 1.54) is 40.3 Å². The summed E-state index contributed by atoms with van der Waals surface area (Å²) < 4.78 is 62.2. The van der Waals surface area contributed by atoms with E-state index in [1.807, 2.05) is 0 Å². The van der Waals surface area contributed by atoms with E-state index in [0.29, 0.717) is 61.5 Å². The third kappa shape index (κ3) is 7.11. The first kappa shape index (κ1) is 45.1. The first-order chi connectivity index (χ1) is 31.9. The molecule has 348 valence electrons. The van der Waals surface area contributed by atoms with Crippen LogP contribution in [0.25, 0.3) is 11.0 Å². The van der Waals surface area contributed by atoms with Crippen LogP contribution < -0.4 is 36.6 Å². The minimum Gasteiger partial charge on any atom is -0.504 e. The van der Waals surface area contributed by atoms with Gasteiger partial charge in [-0.3, -0.25) is 19.8 Å². The fraction of sp³-hybridized carbons (Fsp3) is 0.311. The van der Waals surface area contributed by atoms with Gasteiger partial charge in [-0.05, 0) is 60.4 Å². The molecule has 0 unspecified atom stereocenters. The Kier molecular flexibility index (Phi) is 11.2. The van der Waals surface area contributed by atoms with Gasteiger partial charge in [0.2, 0.25) is 0 Å². The van der Waals surface area contributed by atoms with Gasteiger partial charge in [-0.2, -0.15) is 18.2 Å². The van der Waals surface area contributed by atoms with E-state index < -0.39 is 74.6 Å². The largest absolute Gasteiger partial charge is 0.504 e. The highest BCUT2D eigenvalue weighted by Gasteiger charge is 2.69. The molecule has 3 aromatic heterocycles. The quantitative estimate of drug-likeness (QED) is 0.118. The first-order valence-electron chi connectivity index (χ1n) is 20.8. The summed E-state index contributed by atoms with van der Waals surface area (Å²) in [4.78, 5) is 81.5.